The molecule has 1 amide bonds. The van der Waals surface area contributed by atoms with Crippen molar-refractivity contribution in [3.63, 3.8) is 0 Å². The Labute approximate surface area is 111 Å². The van der Waals surface area contributed by atoms with Gasteiger partial charge in [-0.05, 0) is 19.3 Å². The van der Waals surface area contributed by atoms with Crippen LogP contribution in [0.15, 0.2) is 0 Å². The van der Waals surface area contributed by atoms with Gasteiger partial charge in [0.25, 0.3) is 0 Å². The van der Waals surface area contributed by atoms with Crippen LogP contribution in [0.2, 0.25) is 0 Å². The third-order valence-electron chi connectivity index (χ3n) is 3.34. The Bertz CT molecular complexity index is 234. The van der Waals surface area contributed by atoms with Crippen molar-refractivity contribution in [1.29, 1.82) is 0 Å². The van der Waals surface area contributed by atoms with E-state index in [2.05, 4.69) is 19.2 Å². The van der Waals surface area contributed by atoms with E-state index in [9.17, 15) is 4.79 Å². The molecule has 0 spiro atoms. The van der Waals surface area contributed by atoms with Crippen LogP contribution in [0, 0.1) is 0 Å². The lowest BCUT2D eigenvalue weighted by molar-refractivity contribution is -0.129. The van der Waals surface area contributed by atoms with Crippen LogP contribution in [-0.2, 0) is 9.53 Å². The number of nitrogens with zero attached hydrogens (tertiary/aromatic N) is 1. The summed E-state index contributed by atoms with van der Waals surface area (Å²) in [4.78, 5) is 13.9. The van der Waals surface area contributed by atoms with Crippen molar-refractivity contribution >= 4 is 5.91 Å². The van der Waals surface area contributed by atoms with E-state index < -0.39 is 0 Å². The lowest BCUT2D eigenvalue weighted by Crippen LogP contribution is -2.31. The van der Waals surface area contributed by atoms with Crippen molar-refractivity contribution in [3.05, 3.63) is 0 Å². The zero-order chi connectivity index (χ0) is 13.2. The topological polar surface area (TPSA) is 41.6 Å². The van der Waals surface area contributed by atoms with E-state index in [1.807, 2.05) is 4.90 Å². The molecule has 4 heteroatoms. The molecule has 0 aromatic carbocycles. The van der Waals surface area contributed by atoms with Gasteiger partial charge >= 0.3 is 0 Å². The minimum absolute atomic E-state index is 0.0611. The fourth-order valence-corrected chi connectivity index (χ4v) is 2.13. The molecule has 1 aliphatic heterocycles. The highest BCUT2D eigenvalue weighted by atomic mass is 16.5. The van der Waals surface area contributed by atoms with E-state index in [0.29, 0.717) is 6.67 Å². The smallest absolute Gasteiger partial charge is 0.240 e. The average molecular weight is 256 g/mol. The van der Waals surface area contributed by atoms with Crippen LogP contribution in [0.5, 0.6) is 0 Å². The second kappa shape index (κ2) is 9.34. The molecule has 0 aliphatic carbocycles. The summed E-state index contributed by atoms with van der Waals surface area (Å²) < 4.78 is 5.50. The molecule has 18 heavy (non-hydrogen) atoms. The molecule has 106 valence electrons. The Morgan fingerprint density at radius 2 is 1.94 bits per heavy atom. The molecule has 1 fully saturated rings. The number of ether oxygens (including phenoxy) is 1. The summed E-state index contributed by atoms with van der Waals surface area (Å²) >= 11 is 0. The molecule has 1 saturated heterocycles. The lowest BCUT2D eigenvalue weighted by atomic mass is 10.1. The van der Waals surface area contributed by atoms with E-state index in [0.717, 1.165) is 51.9 Å². The molecule has 4 nitrogen and oxygen atoms in total. The van der Waals surface area contributed by atoms with Crippen molar-refractivity contribution < 1.29 is 9.53 Å². The highest BCUT2D eigenvalue weighted by Crippen LogP contribution is 2.10. The molecule has 1 atom stereocenters. The minimum Gasteiger partial charge on any atom is -0.381 e. The minimum atomic E-state index is 0.0611. The quantitative estimate of drug-likeness (QED) is 0.609. The molecule has 1 heterocycles. The number of amides is 1. The maximum absolute atomic E-state index is 12.0. The average Bonchev–Trinajstić information content (AvgIpc) is 2.72. The fraction of sp³-hybridized carbons (Fsp3) is 0.929. The SMILES string of the molecule is CCCCOCCCN1CNC(CCCC)C1=O. The van der Waals surface area contributed by atoms with E-state index in [4.69, 9.17) is 4.74 Å². The standard InChI is InChI=1S/C14H28N2O2/c1-3-5-8-13-14(17)16(12-15-13)9-7-11-18-10-6-4-2/h13,15H,3-12H2,1-2H3. The predicted molar refractivity (Wildman–Crippen MR) is 73.4 cm³/mol. The number of carbonyl (C=O) groups excluding carboxylic acids is 1. The molecule has 0 aromatic rings. The van der Waals surface area contributed by atoms with Crippen LogP contribution in [0.25, 0.3) is 0 Å². The van der Waals surface area contributed by atoms with Crippen LogP contribution in [0.3, 0.4) is 0 Å². The van der Waals surface area contributed by atoms with Gasteiger partial charge in [0.05, 0.1) is 12.7 Å². The van der Waals surface area contributed by atoms with Crippen molar-refractivity contribution in [1.82, 2.24) is 10.2 Å². The van der Waals surface area contributed by atoms with Gasteiger partial charge in [-0.3, -0.25) is 10.1 Å². The Balaban J connectivity index is 2.07. The summed E-state index contributed by atoms with van der Waals surface area (Å²) in [5, 5.41) is 3.29. The highest BCUT2D eigenvalue weighted by molar-refractivity contribution is 5.83. The molecular weight excluding hydrogens is 228 g/mol. The monoisotopic (exact) mass is 256 g/mol. The van der Waals surface area contributed by atoms with Crippen molar-refractivity contribution in [2.24, 2.45) is 0 Å². The number of unbranched alkanes of at least 4 members (excludes halogenated alkanes) is 2. The highest BCUT2D eigenvalue weighted by Gasteiger charge is 2.29. The number of hydrogen-bond acceptors (Lipinski definition) is 3. The van der Waals surface area contributed by atoms with E-state index in [-0.39, 0.29) is 11.9 Å². The van der Waals surface area contributed by atoms with Gasteiger partial charge in [-0.25, -0.2) is 0 Å². The van der Waals surface area contributed by atoms with Gasteiger partial charge in [-0.2, -0.15) is 0 Å². The second-order valence-corrected chi connectivity index (χ2v) is 4.98. The Hall–Kier alpha value is -0.610. The number of carbonyl (C=O) groups is 1. The molecule has 1 rings (SSSR count). The van der Waals surface area contributed by atoms with Gasteiger partial charge in [-0.1, -0.05) is 33.1 Å². The summed E-state index contributed by atoms with van der Waals surface area (Å²) in [5.41, 5.74) is 0. The fourth-order valence-electron chi connectivity index (χ4n) is 2.13. The molecule has 0 saturated carbocycles. The van der Waals surface area contributed by atoms with Gasteiger partial charge < -0.3 is 9.64 Å². The molecular formula is C14H28N2O2. The first-order valence-electron chi connectivity index (χ1n) is 7.39. The predicted octanol–water partition coefficient (Wildman–Crippen LogP) is 2.14. The van der Waals surface area contributed by atoms with Gasteiger partial charge in [0.1, 0.15) is 0 Å². The van der Waals surface area contributed by atoms with E-state index in [1.165, 1.54) is 6.42 Å². The summed E-state index contributed by atoms with van der Waals surface area (Å²) in [6.07, 6.45) is 6.49. The second-order valence-electron chi connectivity index (χ2n) is 4.98. The molecule has 1 aliphatic rings. The lowest BCUT2D eigenvalue weighted by Gasteiger charge is -2.15. The third-order valence-corrected chi connectivity index (χ3v) is 3.34. The zero-order valence-corrected chi connectivity index (χ0v) is 11.9. The molecule has 1 N–H and O–H groups in total. The number of rotatable bonds is 10. The van der Waals surface area contributed by atoms with Crippen molar-refractivity contribution in [2.75, 3.05) is 26.4 Å². The Kier molecular flexibility index (Phi) is 8.01. The van der Waals surface area contributed by atoms with Crippen molar-refractivity contribution in [3.8, 4) is 0 Å². The van der Waals surface area contributed by atoms with Gasteiger partial charge in [-0.15, -0.1) is 0 Å². The zero-order valence-electron chi connectivity index (χ0n) is 11.9. The molecule has 0 bridgehead atoms. The molecule has 1 unspecified atom stereocenters. The van der Waals surface area contributed by atoms with Gasteiger partial charge in [0.15, 0.2) is 0 Å². The van der Waals surface area contributed by atoms with Gasteiger partial charge in [0.2, 0.25) is 5.91 Å². The maximum Gasteiger partial charge on any atom is 0.240 e. The third kappa shape index (κ3) is 5.36. The normalized spacial score (nSPS) is 19.8. The number of hydrogen-bond donors (Lipinski definition) is 1. The molecule has 0 radical (unpaired) electrons. The van der Waals surface area contributed by atoms with Crippen LogP contribution in [-0.4, -0.2) is 43.3 Å². The summed E-state index contributed by atoms with van der Waals surface area (Å²) in [5.74, 6) is 0.275. The Morgan fingerprint density at radius 1 is 1.22 bits per heavy atom. The van der Waals surface area contributed by atoms with Crippen LogP contribution >= 0.6 is 0 Å². The Morgan fingerprint density at radius 3 is 2.67 bits per heavy atom. The maximum atomic E-state index is 12.0. The summed E-state index contributed by atoms with van der Waals surface area (Å²) in [7, 11) is 0. The number of nitrogens with one attached hydrogen (secondary N) is 1. The first kappa shape index (κ1) is 15.4. The largest absolute Gasteiger partial charge is 0.381 e. The molecule has 0 aromatic heterocycles. The van der Waals surface area contributed by atoms with E-state index >= 15 is 0 Å². The van der Waals surface area contributed by atoms with Crippen LogP contribution in [0.4, 0.5) is 0 Å². The van der Waals surface area contributed by atoms with Crippen LogP contribution in [0.1, 0.15) is 52.4 Å². The first-order valence-corrected chi connectivity index (χ1v) is 7.39. The first-order chi connectivity index (χ1) is 8.79. The van der Waals surface area contributed by atoms with Gasteiger partial charge in [0, 0.05) is 19.8 Å². The summed E-state index contributed by atoms with van der Waals surface area (Å²) in [6.45, 7) is 7.47. The summed E-state index contributed by atoms with van der Waals surface area (Å²) in [6, 6.07) is 0.0611. The van der Waals surface area contributed by atoms with E-state index in [1.54, 1.807) is 0 Å². The van der Waals surface area contributed by atoms with Crippen molar-refractivity contribution in [2.45, 2.75) is 58.4 Å². The van der Waals surface area contributed by atoms with Crippen LogP contribution < -0.4 is 5.32 Å².